The first kappa shape index (κ1) is 79.0. The molecule has 0 spiro atoms. The zero-order chi connectivity index (χ0) is 71.1. The van der Waals surface area contributed by atoms with E-state index in [-0.39, 0.29) is 70.6 Å². The average molecular weight is 1390 g/mol. The number of aliphatic carboxylic acids is 4. The van der Waals surface area contributed by atoms with Gasteiger partial charge in [0.2, 0.25) is 47.3 Å². The third-order valence-electron chi connectivity index (χ3n) is 15.4. The molecule has 1 aromatic heterocycles. The lowest BCUT2D eigenvalue weighted by molar-refractivity contribution is -0.143. The van der Waals surface area contributed by atoms with Crippen LogP contribution in [0.3, 0.4) is 0 Å². The van der Waals surface area contributed by atoms with Crippen molar-refractivity contribution in [2.24, 2.45) is 5.73 Å². The standard InChI is InChI=1S/C63H87N13O19S2/c1-37(78)48(34-77)70-62(94)50-36-97-96-35-49(71-58(90)45(25-39-13-5-3-6-14-39)66-51(80)29-75(31-53(83)84)23-21-74(30-52(81)82)22-24-76(32-54(85)86)33-55(87)88)61(93)68-46(26-40-15-7-4-8-16-40)59(91)69-47(27-41-28-65-43-18-10-9-17-42(41)43)60(92)67-44(19-11-12-20-64)57(89)73-56(38(2)79)63(95)72-50/h3-10,13-18,28,37-38,44-50,56,65,77-79H,11-12,19-27,29-36,64H2,1-2H3,(H,66,80)(H,67,92)(H,68,93)(H,69,91)(H,70,94)(H,71,90)(H,72,95)(H,73,89)(H,81,82)(H,83,84)(H,85,86)(H,87,88)/t37-,38-,44+,45-,46?,47-,48-,49+,50?,56?/m1/s1. The normalized spacial score (nSPS) is 19.8. The van der Waals surface area contributed by atoms with E-state index in [9.17, 15) is 83.7 Å². The second-order valence-corrected chi connectivity index (χ2v) is 25.8. The molecular formula is C63H87N13O19S2. The summed E-state index contributed by atoms with van der Waals surface area (Å²) in [5, 5.41) is 91.6. The fourth-order valence-electron chi connectivity index (χ4n) is 10.3. The van der Waals surface area contributed by atoms with E-state index in [0.29, 0.717) is 34.0 Å². The molecule has 1 aliphatic rings. The number of unbranched alkanes of at least 4 members (excludes halogenated alkanes) is 1. The molecule has 3 unspecified atom stereocenters. The highest BCUT2D eigenvalue weighted by Gasteiger charge is 2.37. The van der Waals surface area contributed by atoms with E-state index >= 15 is 9.59 Å². The number of benzene rings is 3. The van der Waals surface area contributed by atoms with E-state index in [1.165, 1.54) is 18.7 Å². The minimum Gasteiger partial charge on any atom is -0.480 e. The first-order chi connectivity index (χ1) is 46.2. The number of aliphatic hydroxyl groups excluding tert-OH is 3. The maximum absolute atomic E-state index is 15.2. The minimum atomic E-state index is -1.78. The molecule has 0 aliphatic carbocycles. The summed E-state index contributed by atoms with van der Waals surface area (Å²) in [4.78, 5) is 171. The van der Waals surface area contributed by atoms with Crippen LogP contribution in [0.1, 0.15) is 49.8 Å². The van der Waals surface area contributed by atoms with Crippen LogP contribution in [-0.4, -0.2) is 271 Å². The minimum absolute atomic E-state index is 0.0513. The number of aliphatic hydroxyl groups is 3. The molecule has 3 aromatic carbocycles. The monoisotopic (exact) mass is 1390 g/mol. The number of aromatic nitrogens is 1. The number of amides is 8. The number of carboxylic acids is 4. The first-order valence-corrected chi connectivity index (χ1v) is 33.7. The summed E-state index contributed by atoms with van der Waals surface area (Å²) in [6.07, 6.45) is -1.31. The lowest BCUT2D eigenvalue weighted by atomic mass is 10.0. The lowest BCUT2D eigenvalue weighted by Gasteiger charge is -2.29. The molecule has 32 nitrogen and oxygen atoms in total. The Labute approximate surface area is 566 Å². The van der Waals surface area contributed by atoms with Crippen molar-refractivity contribution in [2.75, 3.05) is 83.6 Å². The predicted octanol–water partition coefficient (Wildman–Crippen LogP) is -3.40. The van der Waals surface area contributed by atoms with Crippen LogP contribution in [0, 0.1) is 0 Å². The summed E-state index contributed by atoms with van der Waals surface area (Å²) in [6.45, 7) is -2.46. The van der Waals surface area contributed by atoms with Gasteiger partial charge in [0, 0.05) is 74.0 Å². The zero-order valence-electron chi connectivity index (χ0n) is 53.6. The van der Waals surface area contributed by atoms with Crippen molar-refractivity contribution < 1.29 is 93.3 Å². The van der Waals surface area contributed by atoms with Gasteiger partial charge in [0.05, 0.1) is 57.6 Å². The molecule has 1 aliphatic heterocycles. The molecule has 97 heavy (non-hydrogen) atoms. The number of H-pyrrole nitrogens is 1. The van der Waals surface area contributed by atoms with Gasteiger partial charge in [0.15, 0.2) is 0 Å². The second kappa shape index (κ2) is 40.7. The van der Waals surface area contributed by atoms with Gasteiger partial charge in [-0.2, -0.15) is 0 Å². The number of para-hydroxylation sites is 1. The molecule has 530 valence electrons. The van der Waals surface area contributed by atoms with Crippen LogP contribution in [0.5, 0.6) is 0 Å². The summed E-state index contributed by atoms with van der Waals surface area (Å²) < 4.78 is 0. The fraction of sp³-hybridized carbons (Fsp3) is 0.492. The number of carboxylic acid groups (broad SMARTS) is 4. The van der Waals surface area contributed by atoms with Crippen LogP contribution >= 0.6 is 21.6 Å². The Hall–Kier alpha value is -8.74. The van der Waals surface area contributed by atoms with E-state index in [1.54, 1.807) is 91.1 Å². The number of hydrogen-bond acceptors (Lipinski definition) is 21. The van der Waals surface area contributed by atoms with Crippen LogP contribution in [0.2, 0.25) is 0 Å². The molecule has 10 atom stereocenters. The van der Waals surface area contributed by atoms with Crippen LogP contribution in [0.15, 0.2) is 91.1 Å². The van der Waals surface area contributed by atoms with Crippen LogP contribution < -0.4 is 48.3 Å². The van der Waals surface area contributed by atoms with Gasteiger partial charge in [-0.25, -0.2) is 0 Å². The quantitative estimate of drug-likeness (QED) is 0.0160. The molecule has 8 amide bonds. The highest BCUT2D eigenvalue weighted by atomic mass is 33.1. The number of fused-ring (bicyclic) bond motifs is 1. The maximum Gasteiger partial charge on any atom is 0.317 e. The first-order valence-electron chi connectivity index (χ1n) is 31.2. The number of carbonyl (C=O) groups is 12. The Kier molecular flexibility index (Phi) is 33.2. The molecule has 4 aromatic rings. The molecule has 5 rings (SSSR count). The van der Waals surface area contributed by atoms with Crippen molar-refractivity contribution in [3.8, 4) is 0 Å². The topological polar surface area (TPSA) is 494 Å². The molecular weight excluding hydrogens is 1310 g/mol. The van der Waals surface area contributed by atoms with E-state index in [1.807, 2.05) is 0 Å². The van der Waals surface area contributed by atoms with Gasteiger partial charge in [-0.1, -0.05) is 100 Å². The smallest absolute Gasteiger partial charge is 0.317 e. The SMILES string of the molecule is C[C@@H](O)C1NC(=O)[C@H](CCCCN)NC(=O)[C@@H](Cc2c[nH]c3ccccc23)NC(=O)C(Cc2ccccc2)NC(=O)[C@@H](NC(=O)[C@@H](Cc2ccccc2)NC(=O)CN(CCN(CCN(CC(=O)O)CC(=O)O)CC(=O)O)CC(=O)O)CSSCC(C(=O)N[C@H](CO)[C@@H](C)O)NC1=O. The number of nitrogens with zero attached hydrogens (tertiary/aromatic N) is 3. The number of hydrogen-bond donors (Lipinski definition) is 17. The number of aromatic amines is 1. The summed E-state index contributed by atoms with van der Waals surface area (Å²) in [5.41, 5.74) is 8.10. The summed E-state index contributed by atoms with van der Waals surface area (Å²) in [7, 11) is 1.77. The molecule has 1 saturated heterocycles. The van der Waals surface area contributed by atoms with Gasteiger partial charge in [-0.15, -0.1) is 0 Å². The van der Waals surface area contributed by atoms with Crippen molar-refractivity contribution in [2.45, 2.75) is 113 Å². The van der Waals surface area contributed by atoms with Crippen molar-refractivity contribution in [3.63, 3.8) is 0 Å². The van der Waals surface area contributed by atoms with Gasteiger partial charge < -0.3 is 89.0 Å². The summed E-state index contributed by atoms with van der Waals surface area (Å²) >= 11 is 0. The number of rotatable bonds is 34. The predicted molar refractivity (Wildman–Crippen MR) is 356 cm³/mol. The van der Waals surface area contributed by atoms with Crippen molar-refractivity contribution in [3.05, 3.63) is 108 Å². The van der Waals surface area contributed by atoms with Crippen LogP contribution in [-0.2, 0) is 76.8 Å². The Morgan fingerprint density at radius 2 is 1.10 bits per heavy atom. The zero-order valence-corrected chi connectivity index (χ0v) is 55.3. The lowest BCUT2D eigenvalue weighted by Crippen LogP contribution is -2.62. The highest BCUT2D eigenvalue weighted by molar-refractivity contribution is 8.76. The van der Waals surface area contributed by atoms with Gasteiger partial charge >= 0.3 is 23.9 Å². The highest BCUT2D eigenvalue weighted by Crippen LogP contribution is 2.25. The average Bonchev–Trinajstić information content (AvgIpc) is 1.76. The second-order valence-electron chi connectivity index (χ2n) is 23.3. The van der Waals surface area contributed by atoms with Gasteiger partial charge in [0.25, 0.3) is 0 Å². The molecule has 18 N–H and O–H groups in total. The maximum atomic E-state index is 15.2. The van der Waals surface area contributed by atoms with Gasteiger partial charge in [0.1, 0.15) is 42.3 Å². The molecule has 0 radical (unpaired) electrons. The van der Waals surface area contributed by atoms with Gasteiger partial charge in [-0.3, -0.25) is 72.2 Å². The third-order valence-corrected chi connectivity index (χ3v) is 17.8. The Morgan fingerprint density at radius 1 is 0.588 bits per heavy atom. The molecule has 2 heterocycles. The van der Waals surface area contributed by atoms with Crippen LogP contribution in [0.25, 0.3) is 10.9 Å². The third kappa shape index (κ3) is 27.7. The van der Waals surface area contributed by atoms with E-state index in [4.69, 9.17) is 5.73 Å². The number of nitrogens with one attached hydrogen (secondary N) is 9. The summed E-state index contributed by atoms with van der Waals surface area (Å²) in [6, 6.07) is 11.7. The Balaban J connectivity index is 1.57. The molecule has 1 fully saturated rings. The molecule has 34 heteroatoms. The van der Waals surface area contributed by atoms with E-state index in [0.717, 1.165) is 31.4 Å². The fourth-order valence-corrected chi connectivity index (χ4v) is 12.6. The van der Waals surface area contributed by atoms with Crippen molar-refractivity contribution >= 4 is 104 Å². The number of nitrogens with two attached hydrogens (primary N) is 1. The molecule has 0 bridgehead atoms. The van der Waals surface area contributed by atoms with Gasteiger partial charge in [-0.05, 0) is 62.4 Å². The Morgan fingerprint density at radius 3 is 1.68 bits per heavy atom. The molecule has 0 saturated carbocycles. The Bertz CT molecular complexity index is 3280. The summed E-state index contributed by atoms with van der Waals surface area (Å²) in [5.74, 6) is -13.8. The van der Waals surface area contributed by atoms with E-state index < -0.39 is 177 Å². The van der Waals surface area contributed by atoms with Crippen molar-refractivity contribution in [1.29, 1.82) is 0 Å². The van der Waals surface area contributed by atoms with Crippen LogP contribution in [0.4, 0.5) is 0 Å². The number of carbonyl (C=O) groups excluding carboxylic acids is 8. The van der Waals surface area contributed by atoms with E-state index in [2.05, 4.69) is 47.5 Å². The van der Waals surface area contributed by atoms with Crippen molar-refractivity contribution in [1.82, 2.24) is 62.2 Å². The largest absolute Gasteiger partial charge is 0.480 e.